The van der Waals surface area contributed by atoms with Crippen molar-refractivity contribution in [2.45, 2.75) is 13.5 Å². The van der Waals surface area contributed by atoms with Crippen molar-refractivity contribution in [1.29, 1.82) is 0 Å². The van der Waals surface area contributed by atoms with E-state index < -0.39 is 0 Å². The summed E-state index contributed by atoms with van der Waals surface area (Å²) in [6, 6.07) is 7.63. The van der Waals surface area contributed by atoms with Crippen LogP contribution in [0.4, 0.5) is 5.82 Å². The highest BCUT2D eigenvalue weighted by atomic mass is 79.9. The molecule has 2 aromatic rings. The summed E-state index contributed by atoms with van der Waals surface area (Å²) in [5.41, 5.74) is 0.953. The second kappa shape index (κ2) is 5.03. The van der Waals surface area contributed by atoms with Gasteiger partial charge in [0.05, 0.1) is 12.2 Å². The molecule has 82 valence electrons. The monoisotopic (exact) mass is 278 g/mol. The molecule has 4 nitrogen and oxygen atoms in total. The summed E-state index contributed by atoms with van der Waals surface area (Å²) in [7, 11) is 0. The molecule has 0 unspecified atom stereocenters. The molecule has 0 atom stereocenters. The van der Waals surface area contributed by atoms with Crippen LogP contribution in [0.25, 0.3) is 0 Å². The normalized spacial score (nSPS) is 10.1. The Balaban J connectivity index is 2.02. The molecule has 0 aliphatic rings. The lowest BCUT2D eigenvalue weighted by atomic mass is 10.4. The van der Waals surface area contributed by atoms with Crippen LogP contribution in [0.5, 0.6) is 0 Å². The van der Waals surface area contributed by atoms with Crippen molar-refractivity contribution in [2.75, 3.05) is 5.32 Å². The van der Waals surface area contributed by atoms with Crippen LogP contribution in [0.1, 0.15) is 11.5 Å². The van der Waals surface area contributed by atoms with Gasteiger partial charge in [0.2, 0.25) is 0 Å². The molecule has 5 heteroatoms. The Morgan fingerprint density at radius 2 is 2.12 bits per heavy atom. The van der Waals surface area contributed by atoms with Gasteiger partial charge in [-0.2, -0.15) is 0 Å². The molecule has 0 saturated carbocycles. The lowest BCUT2D eigenvalue weighted by Gasteiger charge is -2.05. The van der Waals surface area contributed by atoms with Crippen LogP contribution < -0.4 is 5.32 Å². The van der Waals surface area contributed by atoms with E-state index in [0.29, 0.717) is 6.54 Å². The first-order chi connectivity index (χ1) is 7.74. The molecule has 1 N–H and O–H groups in total. The number of pyridine rings is 1. The first-order valence-electron chi connectivity index (χ1n) is 4.89. The maximum atomic E-state index is 4.30. The van der Waals surface area contributed by atoms with Gasteiger partial charge in [-0.15, -0.1) is 0 Å². The van der Waals surface area contributed by atoms with Crippen LogP contribution in [0, 0.1) is 6.92 Å². The van der Waals surface area contributed by atoms with Gasteiger partial charge in [-0.1, -0.05) is 6.07 Å². The minimum Gasteiger partial charge on any atom is -0.364 e. The fraction of sp³-hybridized carbons (Fsp3) is 0.182. The fourth-order valence-corrected chi connectivity index (χ4v) is 1.64. The maximum Gasteiger partial charge on any atom is 0.127 e. The number of aromatic nitrogens is 3. The Morgan fingerprint density at radius 1 is 1.25 bits per heavy atom. The summed E-state index contributed by atoms with van der Waals surface area (Å²) in [6.45, 7) is 2.52. The molecule has 0 fully saturated rings. The number of anilines is 1. The Morgan fingerprint density at radius 3 is 2.88 bits per heavy atom. The summed E-state index contributed by atoms with van der Waals surface area (Å²) in [5, 5.41) is 3.20. The number of nitrogens with one attached hydrogen (secondary N) is 1. The minimum absolute atomic E-state index is 0.646. The molecule has 0 aliphatic heterocycles. The highest BCUT2D eigenvalue weighted by Gasteiger charge is 1.97. The standard InChI is InChI=1S/C11H11BrN4/c1-8-13-6-5-9(15-8)7-14-11-4-2-3-10(12)16-11/h2-6H,7H2,1H3,(H,14,16). The fourth-order valence-electron chi connectivity index (χ4n) is 1.29. The predicted molar refractivity (Wildman–Crippen MR) is 66.0 cm³/mol. The third-order valence-electron chi connectivity index (χ3n) is 2.00. The zero-order valence-corrected chi connectivity index (χ0v) is 10.4. The summed E-state index contributed by atoms with van der Waals surface area (Å²) in [4.78, 5) is 12.6. The highest BCUT2D eigenvalue weighted by molar-refractivity contribution is 9.10. The van der Waals surface area contributed by atoms with Crippen molar-refractivity contribution in [3.63, 3.8) is 0 Å². The van der Waals surface area contributed by atoms with Gasteiger partial charge in [0, 0.05) is 6.20 Å². The Bertz CT molecular complexity index is 441. The van der Waals surface area contributed by atoms with Crippen LogP contribution in [0.3, 0.4) is 0 Å². The van der Waals surface area contributed by atoms with Gasteiger partial charge in [-0.3, -0.25) is 0 Å². The first-order valence-corrected chi connectivity index (χ1v) is 5.68. The quantitative estimate of drug-likeness (QED) is 0.877. The summed E-state index contributed by atoms with van der Waals surface area (Å²) in [6.07, 6.45) is 1.76. The van der Waals surface area contributed by atoms with E-state index in [1.54, 1.807) is 6.20 Å². The van der Waals surface area contributed by atoms with E-state index in [-0.39, 0.29) is 0 Å². The maximum absolute atomic E-state index is 4.30. The Kier molecular flexibility index (Phi) is 3.46. The molecule has 16 heavy (non-hydrogen) atoms. The van der Waals surface area contributed by atoms with Gasteiger partial charge < -0.3 is 5.32 Å². The topological polar surface area (TPSA) is 50.7 Å². The van der Waals surface area contributed by atoms with Crippen molar-refractivity contribution < 1.29 is 0 Å². The zero-order valence-electron chi connectivity index (χ0n) is 8.81. The Labute approximate surface area is 102 Å². The lowest BCUT2D eigenvalue weighted by molar-refractivity contribution is 0.949. The number of aryl methyl sites for hydroxylation is 1. The molecule has 0 aromatic carbocycles. The van der Waals surface area contributed by atoms with Crippen molar-refractivity contribution in [2.24, 2.45) is 0 Å². The summed E-state index contributed by atoms with van der Waals surface area (Å²) in [5.74, 6) is 1.60. The van der Waals surface area contributed by atoms with Crippen LogP contribution in [0.2, 0.25) is 0 Å². The van der Waals surface area contributed by atoms with Crippen LogP contribution in [0.15, 0.2) is 35.1 Å². The smallest absolute Gasteiger partial charge is 0.127 e. The molecule has 0 amide bonds. The second-order valence-corrected chi connectivity index (χ2v) is 4.11. The third kappa shape index (κ3) is 3.00. The van der Waals surface area contributed by atoms with Gasteiger partial charge in [0.25, 0.3) is 0 Å². The van der Waals surface area contributed by atoms with Crippen molar-refractivity contribution in [3.05, 3.63) is 46.6 Å². The molecule has 2 rings (SSSR count). The van der Waals surface area contributed by atoms with E-state index in [1.807, 2.05) is 31.2 Å². The number of hydrogen-bond donors (Lipinski definition) is 1. The van der Waals surface area contributed by atoms with Crippen LogP contribution >= 0.6 is 15.9 Å². The molecule has 0 saturated heterocycles. The number of nitrogens with zero attached hydrogens (tertiary/aromatic N) is 3. The molecule has 2 heterocycles. The van der Waals surface area contributed by atoms with E-state index in [4.69, 9.17) is 0 Å². The minimum atomic E-state index is 0.646. The SMILES string of the molecule is Cc1nccc(CNc2cccc(Br)n2)n1. The predicted octanol–water partition coefficient (Wildman–Crippen LogP) is 2.55. The van der Waals surface area contributed by atoms with Crippen LogP contribution in [-0.4, -0.2) is 15.0 Å². The molecule has 0 bridgehead atoms. The highest BCUT2D eigenvalue weighted by Crippen LogP contribution is 2.10. The zero-order chi connectivity index (χ0) is 11.4. The third-order valence-corrected chi connectivity index (χ3v) is 2.44. The van der Waals surface area contributed by atoms with E-state index in [9.17, 15) is 0 Å². The summed E-state index contributed by atoms with van der Waals surface area (Å²) >= 11 is 3.32. The van der Waals surface area contributed by atoms with Gasteiger partial charge in [-0.25, -0.2) is 15.0 Å². The van der Waals surface area contributed by atoms with Gasteiger partial charge in [-0.05, 0) is 41.1 Å². The average Bonchev–Trinajstić information content (AvgIpc) is 2.27. The number of rotatable bonds is 3. The van der Waals surface area contributed by atoms with E-state index in [0.717, 1.165) is 21.9 Å². The van der Waals surface area contributed by atoms with Gasteiger partial charge in [0.1, 0.15) is 16.2 Å². The molecule has 2 aromatic heterocycles. The van der Waals surface area contributed by atoms with Crippen molar-refractivity contribution >= 4 is 21.7 Å². The lowest BCUT2D eigenvalue weighted by Crippen LogP contribution is -2.04. The van der Waals surface area contributed by atoms with Crippen LogP contribution in [-0.2, 0) is 6.54 Å². The van der Waals surface area contributed by atoms with Gasteiger partial charge in [0.15, 0.2) is 0 Å². The summed E-state index contributed by atoms with van der Waals surface area (Å²) < 4.78 is 0.816. The molecular formula is C11H11BrN4. The van der Waals surface area contributed by atoms with E-state index >= 15 is 0 Å². The van der Waals surface area contributed by atoms with E-state index in [2.05, 4.69) is 36.2 Å². The molecular weight excluding hydrogens is 268 g/mol. The number of halogens is 1. The van der Waals surface area contributed by atoms with Gasteiger partial charge >= 0.3 is 0 Å². The number of hydrogen-bond acceptors (Lipinski definition) is 4. The molecule has 0 aliphatic carbocycles. The second-order valence-electron chi connectivity index (χ2n) is 3.29. The largest absolute Gasteiger partial charge is 0.364 e. The first kappa shape index (κ1) is 11.0. The van der Waals surface area contributed by atoms with E-state index in [1.165, 1.54) is 0 Å². The van der Waals surface area contributed by atoms with Crippen molar-refractivity contribution in [3.8, 4) is 0 Å². The average molecular weight is 279 g/mol. The molecule has 0 spiro atoms. The molecule has 0 radical (unpaired) electrons. The van der Waals surface area contributed by atoms with Crippen molar-refractivity contribution in [1.82, 2.24) is 15.0 Å². The Hall–Kier alpha value is -1.49.